The summed E-state index contributed by atoms with van der Waals surface area (Å²) in [5, 5.41) is 0. The monoisotopic (exact) mass is 541 g/mol. The Hall–Kier alpha value is -3.38. The number of fused-ring (bicyclic) bond motifs is 4. The molecule has 3 aliphatic rings. The number of allylic oxidation sites excluding steroid dienone is 2. The third kappa shape index (κ3) is 3.64. The lowest BCUT2D eigenvalue weighted by Crippen LogP contribution is -2.37. The molecule has 2 fully saturated rings. The molecule has 6 heteroatoms. The summed E-state index contributed by atoms with van der Waals surface area (Å²) in [6, 6.07) is 24.4. The van der Waals surface area contributed by atoms with Gasteiger partial charge in [-0.1, -0.05) is 80.6 Å². The number of methoxy groups -OCH3 is 1. The van der Waals surface area contributed by atoms with Crippen LogP contribution in [0.15, 0.2) is 95.2 Å². The number of ether oxygens (including phenoxy) is 1. The molecule has 202 valence electrons. The van der Waals surface area contributed by atoms with Crippen LogP contribution < -0.4 is 0 Å². The Morgan fingerprint density at radius 2 is 1.28 bits per heavy atom. The topological polar surface area (TPSA) is 63.7 Å². The number of carbonyl (C=O) groups is 1. The lowest BCUT2D eigenvalue weighted by atomic mass is 9.72. The van der Waals surface area contributed by atoms with Gasteiger partial charge < -0.3 is 4.74 Å². The van der Waals surface area contributed by atoms with Gasteiger partial charge in [0.05, 0.1) is 29.7 Å². The van der Waals surface area contributed by atoms with Gasteiger partial charge in [0.25, 0.3) is 10.0 Å². The average molecular weight is 542 g/mol. The van der Waals surface area contributed by atoms with E-state index in [4.69, 9.17) is 4.74 Å². The van der Waals surface area contributed by atoms with Gasteiger partial charge in [0.1, 0.15) is 11.5 Å². The lowest BCUT2D eigenvalue weighted by molar-refractivity contribution is -0.126. The van der Waals surface area contributed by atoms with Crippen LogP contribution in [0.1, 0.15) is 48.1 Å². The molecule has 1 heterocycles. The van der Waals surface area contributed by atoms with Crippen molar-refractivity contribution >= 4 is 15.8 Å². The molecule has 1 saturated heterocycles. The Labute approximate surface area is 231 Å². The quantitative estimate of drug-likeness (QED) is 0.375. The van der Waals surface area contributed by atoms with Crippen LogP contribution in [-0.2, 0) is 19.6 Å². The molecule has 0 radical (unpaired) electrons. The summed E-state index contributed by atoms with van der Waals surface area (Å²) in [7, 11) is -2.37. The maximum atomic E-state index is 14.5. The molecule has 0 unspecified atom stereocenters. The Balaban J connectivity index is 1.63. The van der Waals surface area contributed by atoms with Gasteiger partial charge in [-0.2, -0.15) is 0 Å². The predicted octanol–water partition coefficient (Wildman–Crippen LogP) is 6.41. The molecule has 0 amide bonds. The number of carbonyl (C=O) groups excluding carboxylic acids is 1. The highest BCUT2D eigenvalue weighted by molar-refractivity contribution is 7.89. The van der Waals surface area contributed by atoms with Gasteiger partial charge in [-0.15, -0.1) is 0 Å². The lowest BCUT2D eigenvalue weighted by Gasteiger charge is -2.34. The molecule has 7 atom stereocenters. The van der Waals surface area contributed by atoms with Crippen molar-refractivity contribution in [3.63, 3.8) is 0 Å². The van der Waals surface area contributed by atoms with E-state index in [0.717, 1.165) is 22.3 Å². The predicted molar refractivity (Wildman–Crippen MR) is 151 cm³/mol. The molecule has 3 aromatic carbocycles. The first-order chi connectivity index (χ1) is 18.7. The second-order valence-corrected chi connectivity index (χ2v) is 13.2. The van der Waals surface area contributed by atoms with Crippen LogP contribution in [-0.4, -0.2) is 25.6 Å². The Morgan fingerprint density at radius 1 is 0.718 bits per heavy atom. The fraction of sp³-hybridized carbons (Fsp3) is 0.364. The number of aryl methyl sites for hydroxylation is 2. The molecule has 2 aliphatic carbocycles. The molecular formula is C33H35NO4S. The molecule has 1 aliphatic heterocycles. The molecule has 1 saturated carbocycles. The summed E-state index contributed by atoms with van der Waals surface area (Å²) in [6.07, 6.45) is 0. The first-order valence-electron chi connectivity index (χ1n) is 13.7. The Kier molecular flexibility index (Phi) is 6.22. The summed E-state index contributed by atoms with van der Waals surface area (Å²) < 4.78 is 36.8. The van der Waals surface area contributed by atoms with Gasteiger partial charge >= 0.3 is 0 Å². The summed E-state index contributed by atoms with van der Waals surface area (Å²) >= 11 is 0. The van der Waals surface area contributed by atoms with Gasteiger partial charge in [-0.25, -0.2) is 8.42 Å². The van der Waals surface area contributed by atoms with E-state index in [2.05, 4.69) is 32.9 Å². The standard InChI is InChI=1S/C33H35NO4S/c1-19-13-9-11-17-24(19)26-21(3)28-27-22(4)30(25-18-12-10-14-20(25)2)34(31(27)33(38-5)29(26)32(28)35)39(36,37)23-15-7-6-8-16-23/h6-18,21-22,26-30H,1-5H3/t21-,22+,26+,27-,28-,29-,30+/m1/s1. The van der Waals surface area contributed by atoms with E-state index in [1.54, 1.807) is 35.7 Å². The number of hydrogen-bond donors (Lipinski definition) is 0. The van der Waals surface area contributed by atoms with Crippen molar-refractivity contribution in [2.75, 3.05) is 7.11 Å². The largest absolute Gasteiger partial charge is 0.498 e. The van der Waals surface area contributed by atoms with Crippen LogP contribution in [0.4, 0.5) is 0 Å². The second kappa shape index (κ2) is 9.37. The average Bonchev–Trinajstić information content (AvgIpc) is 3.32. The van der Waals surface area contributed by atoms with Gasteiger partial charge in [-0.05, 0) is 60.1 Å². The van der Waals surface area contributed by atoms with Crippen LogP contribution >= 0.6 is 0 Å². The molecule has 0 spiro atoms. The van der Waals surface area contributed by atoms with Crippen molar-refractivity contribution in [3.8, 4) is 0 Å². The van der Waals surface area contributed by atoms with Crippen molar-refractivity contribution in [1.82, 2.24) is 4.31 Å². The number of benzene rings is 3. The zero-order valence-electron chi connectivity index (χ0n) is 23.0. The highest BCUT2D eigenvalue weighted by Crippen LogP contribution is 2.64. The minimum atomic E-state index is -3.96. The SMILES string of the molecule is COC1=C2[C@H]([C@H](C)[C@@H](c3ccccc3C)N2S(=O)(=O)c2ccccc2)[C@@H]2C(=O)[C@H]1[C@H](c1ccccc1C)[C@H]2C. The fourth-order valence-electron chi connectivity index (χ4n) is 7.82. The molecule has 6 rings (SSSR count). The van der Waals surface area contributed by atoms with E-state index >= 15 is 0 Å². The zero-order valence-corrected chi connectivity index (χ0v) is 23.9. The smallest absolute Gasteiger partial charge is 0.264 e. The van der Waals surface area contributed by atoms with Crippen molar-refractivity contribution in [3.05, 3.63) is 113 Å². The van der Waals surface area contributed by atoms with Crippen LogP contribution in [0, 0.1) is 43.4 Å². The van der Waals surface area contributed by atoms with E-state index in [1.165, 1.54) is 0 Å². The third-order valence-electron chi connectivity index (χ3n) is 9.49. The van der Waals surface area contributed by atoms with E-state index in [9.17, 15) is 13.2 Å². The summed E-state index contributed by atoms with van der Waals surface area (Å²) in [4.78, 5) is 14.4. The number of ketones is 1. The first-order valence-corrected chi connectivity index (χ1v) is 15.2. The number of nitrogens with zero attached hydrogens (tertiary/aromatic N) is 1. The summed E-state index contributed by atoms with van der Waals surface area (Å²) in [5.41, 5.74) is 4.94. The molecule has 39 heavy (non-hydrogen) atoms. The number of Topliss-reactive ketones (excluding diaryl/α,β-unsaturated/α-hetero) is 1. The normalized spacial score (nSPS) is 30.0. The molecule has 0 N–H and O–H groups in total. The van der Waals surface area contributed by atoms with E-state index in [1.807, 2.05) is 49.4 Å². The van der Waals surface area contributed by atoms with E-state index in [0.29, 0.717) is 11.5 Å². The molecular weight excluding hydrogens is 506 g/mol. The summed E-state index contributed by atoms with van der Waals surface area (Å²) in [6.45, 7) is 8.38. The highest BCUT2D eigenvalue weighted by atomic mass is 32.2. The van der Waals surface area contributed by atoms with Gasteiger partial charge in [0.15, 0.2) is 0 Å². The minimum Gasteiger partial charge on any atom is -0.498 e. The highest BCUT2D eigenvalue weighted by Gasteiger charge is 2.65. The molecule has 3 aromatic rings. The zero-order chi connectivity index (χ0) is 27.6. The molecule has 2 bridgehead atoms. The van der Waals surface area contributed by atoms with Crippen LogP contribution in [0.25, 0.3) is 0 Å². The van der Waals surface area contributed by atoms with Crippen molar-refractivity contribution in [2.45, 2.75) is 44.6 Å². The molecule has 5 nitrogen and oxygen atoms in total. The van der Waals surface area contributed by atoms with Crippen LogP contribution in [0.2, 0.25) is 0 Å². The van der Waals surface area contributed by atoms with Crippen molar-refractivity contribution < 1.29 is 17.9 Å². The van der Waals surface area contributed by atoms with Gasteiger partial charge in [-0.3, -0.25) is 9.10 Å². The van der Waals surface area contributed by atoms with Gasteiger partial charge in [0.2, 0.25) is 0 Å². The Morgan fingerprint density at radius 3 is 1.87 bits per heavy atom. The number of sulfonamides is 1. The van der Waals surface area contributed by atoms with E-state index in [-0.39, 0.29) is 40.3 Å². The van der Waals surface area contributed by atoms with Gasteiger partial charge in [0, 0.05) is 17.8 Å². The summed E-state index contributed by atoms with van der Waals surface area (Å²) in [5.74, 6) is -0.534. The number of rotatable bonds is 5. The second-order valence-electron chi connectivity index (χ2n) is 11.4. The molecule has 0 aromatic heterocycles. The van der Waals surface area contributed by atoms with Crippen LogP contribution in [0.3, 0.4) is 0 Å². The minimum absolute atomic E-state index is 0.0376. The fourth-order valence-corrected chi connectivity index (χ4v) is 9.62. The third-order valence-corrected chi connectivity index (χ3v) is 11.3. The Bertz CT molecular complexity index is 1580. The number of hydrogen-bond acceptors (Lipinski definition) is 4. The maximum Gasteiger partial charge on any atom is 0.264 e. The maximum absolute atomic E-state index is 14.5. The van der Waals surface area contributed by atoms with Crippen LogP contribution in [0.5, 0.6) is 0 Å². The van der Waals surface area contributed by atoms with E-state index < -0.39 is 22.0 Å². The van der Waals surface area contributed by atoms with Crippen molar-refractivity contribution in [2.24, 2.45) is 29.6 Å². The van der Waals surface area contributed by atoms with Crippen molar-refractivity contribution in [1.29, 1.82) is 0 Å². The first kappa shape index (κ1) is 25.9.